The van der Waals surface area contributed by atoms with Gasteiger partial charge < -0.3 is 14.5 Å². The third-order valence-electron chi connectivity index (χ3n) is 3.98. The molecule has 1 aliphatic rings. The van der Waals surface area contributed by atoms with E-state index in [1.165, 1.54) is 11.8 Å². The van der Waals surface area contributed by atoms with Gasteiger partial charge in [-0.15, -0.1) is 0 Å². The number of ether oxygens (including phenoxy) is 1. The molecule has 0 bridgehead atoms. The normalized spacial score (nSPS) is 17.2. The third kappa shape index (κ3) is 3.42. The number of hydrogen-bond donors (Lipinski definition) is 1. The molecule has 2 amide bonds. The highest BCUT2D eigenvalue weighted by Gasteiger charge is 2.32. The lowest BCUT2D eigenvalue weighted by molar-refractivity contribution is 0.0889. The highest BCUT2D eigenvalue weighted by molar-refractivity contribution is 5.92. The molecule has 6 heteroatoms. The van der Waals surface area contributed by atoms with Crippen molar-refractivity contribution in [1.29, 1.82) is 0 Å². The second-order valence-corrected chi connectivity index (χ2v) is 6.05. The molecule has 24 heavy (non-hydrogen) atoms. The quantitative estimate of drug-likeness (QED) is 0.915. The van der Waals surface area contributed by atoms with E-state index in [2.05, 4.69) is 19.2 Å². The highest BCUT2D eigenvalue weighted by Crippen LogP contribution is 2.24. The van der Waals surface area contributed by atoms with Gasteiger partial charge in [0.05, 0.1) is 19.4 Å². The summed E-state index contributed by atoms with van der Waals surface area (Å²) in [5.41, 5.74) is 2.01. The molecule has 2 aromatic rings. The van der Waals surface area contributed by atoms with Crippen LogP contribution in [-0.2, 0) is 4.74 Å². The fraction of sp³-hybridized carbons (Fsp3) is 0.333. The predicted molar refractivity (Wildman–Crippen MR) is 89.2 cm³/mol. The first-order valence-corrected chi connectivity index (χ1v) is 7.94. The second kappa shape index (κ2) is 6.78. The molecule has 1 saturated heterocycles. The average molecular weight is 328 g/mol. The maximum Gasteiger partial charge on any atom is 0.414 e. The van der Waals surface area contributed by atoms with Crippen molar-refractivity contribution in [2.75, 3.05) is 18.0 Å². The van der Waals surface area contributed by atoms with Crippen LogP contribution in [0.2, 0.25) is 0 Å². The maximum absolute atomic E-state index is 12.0. The Morgan fingerprint density at radius 2 is 2.04 bits per heavy atom. The maximum atomic E-state index is 12.0. The average Bonchev–Trinajstić information content (AvgIpc) is 3.22. The fourth-order valence-electron chi connectivity index (χ4n) is 2.58. The lowest BCUT2D eigenvalue weighted by Gasteiger charge is -2.14. The van der Waals surface area contributed by atoms with Crippen LogP contribution in [0.5, 0.6) is 0 Å². The lowest BCUT2D eigenvalue weighted by atomic mass is 10.0. The molecular formula is C18H20N2O4. The van der Waals surface area contributed by atoms with E-state index in [1.54, 1.807) is 17.0 Å². The summed E-state index contributed by atoms with van der Waals surface area (Å²) >= 11 is 0. The number of furan rings is 1. The van der Waals surface area contributed by atoms with Gasteiger partial charge >= 0.3 is 6.09 Å². The van der Waals surface area contributed by atoms with Crippen LogP contribution in [-0.4, -0.2) is 31.2 Å². The minimum atomic E-state index is -0.399. The van der Waals surface area contributed by atoms with Gasteiger partial charge in [0.15, 0.2) is 5.76 Å². The standard InChI is InChI=1S/C18H20N2O4/c1-12(2)13-5-7-14(8-6-13)20-11-15(24-18(20)22)10-19-17(21)16-4-3-9-23-16/h3-9,12,15H,10-11H2,1-2H3,(H,19,21). The van der Waals surface area contributed by atoms with Crippen molar-refractivity contribution in [2.24, 2.45) is 0 Å². The summed E-state index contributed by atoms with van der Waals surface area (Å²) in [7, 11) is 0. The van der Waals surface area contributed by atoms with E-state index in [4.69, 9.17) is 9.15 Å². The zero-order valence-electron chi connectivity index (χ0n) is 13.7. The van der Waals surface area contributed by atoms with E-state index in [-0.39, 0.29) is 24.3 Å². The number of cyclic esters (lactones) is 1. The molecule has 1 aromatic heterocycles. The van der Waals surface area contributed by atoms with Crippen molar-refractivity contribution in [3.63, 3.8) is 0 Å². The van der Waals surface area contributed by atoms with Crippen molar-refractivity contribution in [3.05, 3.63) is 54.0 Å². The molecule has 0 saturated carbocycles. The highest BCUT2D eigenvalue weighted by atomic mass is 16.6. The van der Waals surface area contributed by atoms with Crippen LogP contribution in [0.15, 0.2) is 47.1 Å². The zero-order chi connectivity index (χ0) is 17.1. The van der Waals surface area contributed by atoms with Crippen molar-refractivity contribution < 1.29 is 18.7 Å². The summed E-state index contributed by atoms with van der Waals surface area (Å²) < 4.78 is 10.3. The summed E-state index contributed by atoms with van der Waals surface area (Å²) in [5.74, 6) is 0.352. The summed E-state index contributed by atoms with van der Waals surface area (Å²) in [6.45, 7) is 4.89. The van der Waals surface area contributed by atoms with Gasteiger partial charge in [-0.25, -0.2) is 4.79 Å². The molecule has 0 aliphatic carbocycles. The number of nitrogens with zero attached hydrogens (tertiary/aromatic N) is 1. The van der Waals surface area contributed by atoms with Gasteiger partial charge in [0, 0.05) is 5.69 Å². The van der Waals surface area contributed by atoms with Crippen LogP contribution in [0, 0.1) is 0 Å². The zero-order valence-corrected chi connectivity index (χ0v) is 13.7. The van der Waals surface area contributed by atoms with E-state index >= 15 is 0 Å². The molecule has 2 heterocycles. The number of carbonyl (C=O) groups is 2. The number of carbonyl (C=O) groups excluding carboxylic acids is 2. The molecule has 6 nitrogen and oxygen atoms in total. The second-order valence-electron chi connectivity index (χ2n) is 6.05. The van der Waals surface area contributed by atoms with Crippen LogP contribution in [0.1, 0.15) is 35.9 Å². The molecular weight excluding hydrogens is 308 g/mol. The molecule has 0 radical (unpaired) electrons. The van der Waals surface area contributed by atoms with Gasteiger partial charge in [-0.3, -0.25) is 9.69 Å². The number of amides is 2. The molecule has 126 valence electrons. The molecule has 1 fully saturated rings. The summed E-state index contributed by atoms with van der Waals surface area (Å²) in [4.78, 5) is 25.5. The number of anilines is 1. The van der Waals surface area contributed by atoms with E-state index in [0.29, 0.717) is 12.5 Å². The van der Waals surface area contributed by atoms with Crippen molar-refractivity contribution >= 4 is 17.7 Å². The van der Waals surface area contributed by atoms with Crippen LogP contribution < -0.4 is 10.2 Å². The Morgan fingerprint density at radius 3 is 2.67 bits per heavy atom. The summed E-state index contributed by atoms with van der Waals surface area (Å²) in [6, 6.07) is 11.1. The molecule has 0 spiro atoms. The summed E-state index contributed by atoms with van der Waals surface area (Å²) in [5, 5.41) is 2.71. The van der Waals surface area contributed by atoms with E-state index < -0.39 is 6.09 Å². The Kier molecular flexibility index (Phi) is 4.55. The largest absolute Gasteiger partial charge is 0.459 e. The van der Waals surface area contributed by atoms with Crippen LogP contribution in [0.3, 0.4) is 0 Å². The van der Waals surface area contributed by atoms with Gasteiger partial charge in [-0.1, -0.05) is 26.0 Å². The fourth-order valence-corrected chi connectivity index (χ4v) is 2.58. The topological polar surface area (TPSA) is 71.8 Å². The van der Waals surface area contributed by atoms with Gasteiger partial charge in [0.25, 0.3) is 5.91 Å². The van der Waals surface area contributed by atoms with Gasteiger partial charge in [-0.05, 0) is 35.7 Å². The van der Waals surface area contributed by atoms with Gasteiger partial charge in [0.2, 0.25) is 0 Å². The smallest absolute Gasteiger partial charge is 0.414 e. The first kappa shape index (κ1) is 16.1. The number of rotatable bonds is 5. The van der Waals surface area contributed by atoms with Crippen LogP contribution in [0.4, 0.5) is 10.5 Å². The minimum absolute atomic E-state index is 0.237. The Hall–Kier alpha value is -2.76. The van der Waals surface area contributed by atoms with Crippen LogP contribution >= 0.6 is 0 Å². The van der Waals surface area contributed by atoms with E-state index in [1.807, 2.05) is 24.3 Å². The van der Waals surface area contributed by atoms with Crippen molar-refractivity contribution in [2.45, 2.75) is 25.9 Å². The Balaban J connectivity index is 1.58. The van der Waals surface area contributed by atoms with E-state index in [9.17, 15) is 9.59 Å². The SMILES string of the molecule is CC(C)c1ccc(N2CC(CNC(=O)c3ccco3)OC2=O)cc1. The number of nitrogens with one attached hydrogen (secondary N) is 1. The Bertz CT molecular complexity index is 707. The first-order valence-electron chi connectivity index (χ1n) is 7.94. The van der Waals surface area contributed by atoms with Crippen LogP contribution in [0.25, 0.3) is 0 Å². The van der Waals surface area contributed by atoms with Crippen molar-refractivity contribution in [1.82, 2.24) is 5.32 Å². The van der Waals surface area contributed by atoms with Gasteiger partial charge in [-0.2, -0.15) is 0 Å². The molecule has 1 atom stereocenters. The first-order chi connectivity index (χ1) is 11.5. The number of hydrogen-bond acceptors (Lipinski definition) is 4. The van der Waals surface area contributed by atoms with E-state index in [0.717, 1.165) is 5.69 Å². The molecule has 1 unspecified atom stereocenters. The Morgan fingerprint density at radius 1 is 1.29 bits per heavy atom. The monoisotopic (exact) mass is 328 g/mol. The Labute approximate surface area is 140 Å². The number of benzene rings is 1. The predicted octanol–water partition coefficient (Wildman–Crippen LogP) is 3.16. The third-order valence-corrected chi connectivity index (χ3v) is 3.98. The lowest BCUT2D eigenvalue weighted by Crippen LogP contribution is -2.34. The van der Waals surface area contributed by atoms with Gasteiger partial charge in [0.1, 0.15) is 6.10 Å². The molecule has 1 aromatic carbocycles. The minimum Gasteiger partial charge on any atom is -0.459 e. The molecule has 3 rings (SSSR count). The van der Waals surface area contributed by atoms with Crippen molar-refractivity contribution in [3.8, 4) is 0 Å². The summed E-state index contributed by atoms with van der Waals surface area (Å²) in [6.07, 6.45) is 0.651. The molecule has 1 N–H and O–H groups in total. The molecule has 1 aliphatic heterocycles.